The first kappa shape index (κ1) is 10.5. The van der Waals surface area contributed by atoms with Gasteiger partial charge < -0.3 is 15.1 Å². The SMILES string of the molecule is O=C(Nc1ccc(Br)o1)NC1CCNC1. The van der Waals surface area contributed by atoms with E-state index in [9.17, 15) is 4.79 Å². The average molecular weight is 274 g/mol. The summed E-state index contributed by atoms with van der Waals surface area (Å²) in [7, 11) is 0. The van der Waals surface area contributed by atoms with Crippen molar-refractivity contribution in [2.45, 2.75) is 12.5 Å². The maximum Gasteiger partial charge on any atom is 0.321 e. The molecule has 2 amide bonds. The van der Waals surface area contributed by atoms with E-state index >= 15 is 0 Å². The van der Waals surface area contributed by atoms with Crippen molar-refractivity contribution in [1.82, 2.24) is 10.6 Å². The number of furan rings is 1. The lowest BCUT2D eigenvalue weighted by atomic mass is 10.3. The number of amides is 2. The minimum Gasteiger partial charge on any atom is -0.434 e. The molecule has 1 saturated heterocycles. The van der Waals surface area contributed by atoms with Gasteiger partial charge in [0.2, 0.25) is 5.88 Å². The highest BCUT2D eigenvalue weighted by atomic mass is 79.9. The van der Waals surface area contributed by atoms with Crippen molar-refractivity contribution >= 4 is 27.8 Å². The Labute approximate surface area is 95.7 Å². The molecular formula is C9H12BrN3O2. The standard InChI is InChI=1S/C9H12BrN3O2/c10-7-1-2-8(15-7)13-9(14)12-6-3-4-11-5-6/h1-2,6,11H,3-5H2,(H2,12,13,14). The molecule has 0 saturated carbocycles. The van der Waals surface area contributed by atoms with Crippen LogP contribution in [0.4, 0.5) is 10.7 Å². The molecule has 1 aliphatic rings. The molecule has 2 rings (SSSR count). The Kier molecular flexibility index (Phi) is 3.27. The minimum absolute atomic E-state index is 0.211. The Hall–Kier alpha value is -1.01. The second kappa shape index (κ2) is 4.67. The summed E-state index contributed by atoms with van der Waals surface area (Å²) in [6.07, 6.45) is 0.968. The third-order valence-corrected chi connectivity index (χ3v) is 2.63. The van der Waals surface area contributed by atoms with Gasteiger partial charge in [-0.05, 0) is 35.0 Å². The number of hydrogen-bond acceptors (Lipinski definition) is 3. The second-order valence-electron chi connectivity index (χ2n) is 3.39. The van der Waals surface area contributed by atoms with Crippen LogP contribution < -0.4 is 16.0 Å². The van der Waals surface area contributed by atoms with Crippen molar-refractivity contribution < 1.29 is 9.21 Å². The van der Waals surface area contributed by atoms with Gasteiger partial charge in [-0.2, -0.15) is 0 Å². The number of rotatable bonds is 2. The van der Waals surface area contributed by atoms with Crippen LogP contribution in [0.15, 0.2) is 21.2 Å². The van der Waals surface area contributed by atoms with Crippen LogP contribution in [0, 0.1) is 0 Å². The Morgan fingerprint density at radius 3 is 3.07 bits per heavy atom. The lowest BCUT2D eigenvalue weighted by Crippen LogP contribution is -2.39. The molecule has 82 valence electrons. The lowest BCUT2D eigenvalue weighted by Gasteiger charge is -2.10. The first-order valence-electron chi connectivity index (χ1n) is 4.77. The van der Waals surface area contributed by atoms with Gasteiger partial charge in [0, 0.05) is 18.7 Å². The van der Waals surface area contributed by atoms with E-state index in [2.05, 4.69) is 31.9 Å². The molecule has 1 atom stereocenters. The van der Waals surface area contributed by atoms with E-state index in [0.717, 1.165) is 19.5 Å². The highest BCUT2D eigenvalue weighted by Crippen LogP contribution is 2.17. The van der Waals surface area contributed by atoms with Crippen LogP contribution in [0.5, 0.6) is 0 Å². The van der Waals surface area contributed by atoms with Gasteiger partial charge >= 0.3 is 6.03 Å². The van der Waals surface area contributed by atoms with Gasteiger partial charge in [-0.1, -0.05) is 0 Å². The van der Waals surface area contributed by atoms with Crippen LogP contribution in [0.25, 0.3) is 0 Å². The second-order valence-corrected chi connectivity index (χ2v) is 4.17. The molecule has 6 heteroatoms. The number of halogens is 1. The van der Waals surface area contributed by atoms with E-state index in [1.807, 2.05) is 0 Å². The summed E-state index contributed by atoms with van der Waals surface area (Å²) in [5.74, 6) is 0.435. The Morgan fingerprint density at radius 1 is 1.60 bits per heavy atom. The van der Waals surface area contributed by atoms with Crippen molar-refractivity contribution in [3.63, 3.8) is 0 Å². The summed E-state index contributed by atoms with van der Waals surface area (Å²) in [6.45, 7) is 1.78. The number of carbonyl (C=O) groups is 1. The molecule has 15 heavy (non-hydrogen) atoms. The molecular weight excluding hydrogens is 262 g/mol. The van der Waals surface area contributed by atoms with Crippen LogP contribution in [0.1, 0.15) is 6.42 Å². The van der Waals surface area contributed by atoms with Gasteiger partial charge in [-0.15, -0.1) is 0 Å². The van der Waals surface area contributed by atoms with E-state index in [1.54, 1.807) is 12.1 Å². The minimum atomic E-state index is -0.231. The van der Waals surface area contributed by atoms with Crippen molar-refractivity contribution in [3.8, 4) is 0 Å². The Balaban J connectivity index is 1.81. The van der Waals surface area contributed by atoms with Gasteiger partial charge in [0.25, 0.3) is 0 Å². The van der Waals surface area contributed by atoms with Gasteiger partial charge in [0.1, 0.15) is 0 Å². The summed E-state index contributed by atoms with van der Waals surface area (Å²) in [5, 5.41) is 8.64. The van der Waals surface area contributed by atoms with Gasteiger partial charge in [0.05, 0.1) is 0 Å². The van der Waals surface area contributed by atoms with Gasteiger partial charge in [-0.25, -0.2) is 4.79 Å². The molecule has 0 aliphatic carbocycles. The van der Waals surface area contributed by atoms with Crippen molar-refractivity contribution in [1.29, 1.82) is 0 Å². The number of anilines is 1. The summed E-state index contributed by atoms with van der Waals surface area (Å²) in [6, 6.07) is 3.40. The highest BCUT2D eigenvalue weighted by molar-refractivity contribution is 9.10. The zero-order chi connectivity index (χ0) is 10.7. The molecule has 0 spiro atoms. The number of carbonyl (C=O) groups excluding carboxylic acids is 1. The first-order chi connectivity index (χ1) is 7.24. The molecule has 0 radical (unpaired) electrons. The maximum absolute atomic E-state index is 11.5. The molecule has 1 aromatic heterocycles. The fourth-order valence-electron chi connectivity index (χ4n) is 1.49. The van der Waals surface area contributed by atoms with E-state index in [-0.39, 0.29) is 12.1 Å². The highest BCUT2D eigenvalue weighted by Gasteiger charge is 2.16. The summed E-state index contributed by atoms with van der Waals surface area (Å²) >= 11 is 3.16. The summed E-state index contributed by atoms with van der Waals surface area (Å²) in [5.41, 5.74) is 0. The maximum atomic E-state index is 11.5. The van der Waals surface area contributed by atoms with Crippen LogP contribution in [0.2, 0.25) is 0 Å². The van der Waals surface area contributed by atoms with E-state index in [4.69, 9.17) is 4.42 Å². The van der Waals surface area contributed by atoms with Gasteiger partial charge in [0.15, 0.2) is 4.67 Å². The third kappa shape index (κ3) is 2.97. The molecule has 2 heterocycles. The Morgan fingerprint density at radius 2 is 2.47 bits per heavy atom. The first-order valence-corrected chi connectivity index (χ1v) is 5.57. The summed E-state index contributed by atoms with van der Waals surface area (Å²) in [4.78, 5) is 11.5. The molecule has 0 bridgehead atoms. The van der Waals surface area contributed by atoms with Crippen LogP contribution in [0.3, 0.4) is 0 Å². The fourth-order valence-corrected chi connectivity index (χ4v) is 1.80. The number of hydrogen-bond donors (Lipinski definition) is 3. The molecule has 1 aromatic rings. The average Bonchev–Trinajstić information content (AvgIpc) is 2.77. The third-order valence-electron chi connectivity index (χ3n) is 2.21. The monoisotopic (exact) mass is 273 g/mol. The predicted molar refractivity (Wildman–Crippen MR) is 59.8 cm³/mol. The van der Waals surface area contributed by atoms with Crippen molar-refractivity contribution in [3.05, 3.63) is 16.8 Å². The molecule has 0 aromatic carbocycles. The number of nitrogens with one attached hydrogen (secondary N) is 3. The Bertz CT molecular complexity index is 347. The lowest BCUT2D eigenvalue weighted by molar-refractivity contribution is 0.248. The van der Waals surface area contributed by atoms with Crippen molar-refractivity contribution in [2.24, 2.45) is 0 Å². The van der Waals surface area contributed by atoms with Crippen molar-refractivity contribution in [2.75, 3.05) is 18.4 Å². The van der Waals surface area contributed by atoms with E-state index in [0.29, 0.717) is 10.6 Å². The zero-order valence-corrected chi connectivity index (χ0v) is 9.63. The smallest absolute Gasteiger partial charge is 0.321 e. The van der Waals surface area contributed by atoms with Crippen LogP contribution >= 0.6 is 15.9 Å². The predicted octanol–water partition coefficient (Wildman–Crippen LogP) is 1.53. The zero-order valence-electron chi connectivity index (χ0n) is 8.05. The quantitative estimate of drug-likeness (QED) is 0.766. The normalized spacial score (nSPS) is 20.2. The largest absolute Gasteiger partial charge is 0.434 e. The van der Waals surface area contributed by atoms with E-state index in [1.165, 1.54) is 0 Å². The molecule has 1 aliphatic heterocycles. The molecule has 3 N–H and O–H groups in total. The fraction of sp³-hybridized carbons (Fsp3) is 0.444. The van der Waals surface area contributed by atoms with Gasteiger partial charge in [-0.3, -0.25) is 5.32 Å². The molecule has 5 nitrogen and oxygen atoms in total. The van der Waals surface area contributed by atoms with Crippen LogP contribution in [-0.2, 0) is 0 Å². The molecule has 1 unspecified atom stereocenters. The number of urea groups is 1. The van der Waals surface area contributed by atoms with Crippen LogP contribution in [-0.4, -0.2) is 25.2 Å². The van der Waals surface area contributed by atoms with E-state index < -0.39 is 0 Å². The molecule has 1 fully saturated rings. The topological polar surface area (TPSA) is 66.3 Å². The summed E-state index contributed by atoms with van der Waals surface area (Å²) < 4.78 is 5.75.